The second-order valence-electron chi connectivity index (χ2n) is 6.12. The Morgan fingerprint density at radius 1 is 1.26 bits per heavy atom. The van der Waals surface area contributed by atoms with Crippen molar-refractivity contribution in [2.24, 2.45) is 5.10 Å². The molecule has 6 nitrogen and oxygen atoms in total. The Kier molecular flexibility index (Phi) is 5.21. The average Bonchev–Trinajstić information content (AvgIpc) is 2.98. The summed E-state index contributed by atoms with van der Waals surface area (Å²) in [5, 5.41) is 14.0. The molecular weight excluding hydrogens is 347 g/mol. The van der Waals surface area contributed by atoms with Gasteiger partial charge in [0.15, 0.2) is 0 Å². The van der Waals surface area contributed by atoms with Crippen molar-refractivity contribution in [1.82, 2.24) is 15.0 Å². The number of rotatable bonds is 5. The monoisotopic (exact) mass is 368 g/mol. The van der Waals surface area contributed by atoms with Gasteiger partial charge in [-0.2, -0.15) is 5.10 Å². The molecule has 1 amide bonds. The van der Waals surface area contributed by atoms with Crippen LogP contribution in [0.15, 0.2) is 41.5 Å². The van der Waals surface area contributed by atoms with Crippen LogP contribution in [0.4, 0.5) is 4.39 Å². The van der Waals surface area contributed by atoms with Crippen molar-refractivity contribution in [3.63, 3.8) is 0 Å². The number of imidazole rings is 1. The lowest BCUT2D eigenvalue weighted by Crippen LogP contribution is -2.20. The molecule has 0 atom stereocenters. The molecule has 0 aliphatic rings. The number of hydrogen-bond acceptors (Lipinski definition) is 4. The number of hydrazone groups is 1. The van der Waals surface area contributed by atoms with Gasteiger partial charge in [0, 0.05) is 17.7 Å². The summed E-state index contributed by atoms with van der Waals surface area (Å²) in [5.74, 6) is -0.0868. The molecular formula is C20H21FN4O2. The average molecular weight is 368 g/mol. The summed E-state index contributed by atoms with van der Waals surface area (Å²) in [4.78, 5) is 16.9. The molecule has 7 heteroatoms. The second kappa shape index (κ2) is 7.57. The number of benzene rings is 2. The zero-order valence-corrected chi connectivity index (χ0v) is 15.5. The molecule has 0 fully saturated rings. The molecule has 0 spiro atoms. The SMILES string of the molecule is CC/C(=N\NC(=O)c1ccc2c(c1)nc(C)n2CC)c1cc(F)ccc1O. The number of aryl methyl sites for hydroxylation is 2. The topological polar surface area (TPSA) is 79.5 Å². The van der Waals surface area contributed by atoms with Gasteiger partial charge >= 0.3 is 0 Å². The number of aromatic nitrogens is 2. The van der Waals surface area contributed by atoms with Crippen LogP contribution in [0.3, 0.4) is 0 Å². The van der Waals surface area contributed by atoms with E-state index in [1.165, 1.54) is 12.1 Å². The quantitative estimate of drug-likeness (QED) is 0.532. The van der Waals surface area contributed by atoms with Crippen molar-refractivity contribution < 1.29 is 14.3 Å². The van der Waals surface area contributed by atoms with Gasteiger partial charge in [-0.15, -0.1) is 0 Å². The summed E-state index contributed by atoms with van der Waals surface area (Å²) in [6.07, 6.45) is 0.413. The highest BCUT2D eigenvalue weighted by atomic mass is 19.1. The molecule has 0 aliphatic heterocycles. The second-order valence-corrected chi connectivity index (χ2v) is 6.12. The molecule has 140 valence electrons. The van der Waals surface area contributed by atoms with Crippen LogP contribution in [0.5, 0.6) is 5.75 Å². The number of carbonyl (C=O) groups excluding carboxylic acids is 1. The maximum absolute atomic E-state index is 13.5. The molecule has 0 aliphatic carbocycles. The smallest absolute Gasteiger partial charge is 0.271 e. The predicted molar refractivity (Wildman–Crippen MR) is 103 cm³/mol. The minimum absolute atomic E-state index is 0.0896. The van der Waals surface area contributed by atoms with Gasteiger partial charge in [0.25, 0.3) is 5.91 Å². The molecule has 0 bridgehead atoms. The van der Waals surface area contributed by atoms with E-state index in [1.54, 1.807) is 12.1 Å². The van der Waals surface area contributed by atoms with E-state index in [0.29, 0.717) is 17.7 Å². The first-order valence-corrected chi connectivity index (χ1v) is 8.77. The van der Waals surface area contributed by atoms with Gasteiger partial charge in [0.05, 0.1) is 16.7 Å². The summed E-state index contributed by atoms with van der Waals surface area (Å²) in [5.41, 5.74) is 5.24. The maximum Gasteiger partial charge on any atom is 0.271 e. The summed E-state index contributed by atoms with van der Waals surface area (Å²) >= 11 is 0. The van der Waals surface area contributed by atoms with E-state index in [4.69, 9.17) is 0 Å². The third kappa shape index (κ3) is 3.67. The first-order valence-electron chi connectivity index (χ1n) is 8.77. The highest BCUT2D eigenvalue weighted by Gasteiger charge is 2.13. The Labute approximate surface area is 156 Å². The Morgan fingerprint density at radius 3 is 2.74 bits per heavy atom. The summed E-state index contributed by atoms with van der Waals surface area (Å²) in [7, 11) is 0. The van der Waals surface area contributed by atoms with E-state index in [2.05, 4.69) is 20.1 Å². The van der Waals surface area contributed by atoms with Crippen LogP contribution >= 0.6 is 0 Å². The highest BCUT2D eigenvalue weighted by Crippen LogP contribution is 2.20. The van der Waals surface area contributed by atoms with Crippen LogP contribution in [0.25, 0.3) is 11.0 Å². The lowest BCUT2D eigenvalue weighted by atomic mass is 10.1. The summed E-state index contributed by atoms with van der Waals surface area (Å²) < 4.78 is 15.5. The first kappa shape index (κ1) is 18.6. The number of hydrogen-bond donors (Lipinski definition) is 2. The van der Waals surface area contributed by atoms with Crippen molar-refractivity contribution in [2.75, 3.05) is 0 Å². The van der Waals surface area contributed by atoms with E-state index >= 15 is 0 Å². The third-order valence-electron chi connectivity index (χ3n) is 4.41. The molecule has 1 aromatic heterocycles. The fourth-order valence-corrected chi connectivity index (χ4v) is 3.04. The lowest BCUT2D eigenvalue weighted by Gasteiger charge is -2.08. The number of nitrogens with one attached hydrogen (secondary N) is 1. The third-order valence-corrected chi connectivity index (χ3v) is 4.41. The standard InChI is InChI=1S/C20H21FN4O2/c1-4-16(15-11-14(21)7-9-19(15)26)23-24-20(27)13-6-8-18-17(10-13)22-12(3)25(18)5-2/h6-11,26H,4-5H2,1-3H3,(H,24,27)/b23-16+. The fraction of sp³-hybridized carbons (Fsp3) is 0.250. The van der Waals surface area contributed by atoms with E-state index in [1.807, 2.05) is 26.8 Å². The largest absolute Gasteiger partial charge is 0.507 e. The predicted octanol–water partition coefficient (Wildman–Crippen LogP) is 3.75. The van der Waals surface area contributed by atoms with Crippen LogP contribution < -0.4 is 5.43 Å². The lowest BCUT2D eigenvalue weighted by molar-refractivity contribution is 0.0955. The van der Waals surface area contributed by atoms with Gasteiger partial charge in [-0.05, 0) is 56.7 Å². The van der Waals surface area contributed by atoms with E-state index in [0.717, 1.165) is 29.5 Å². The van der Waals surface area contributed by atoms with Crippen LogP contribution in [0.1, 0.15) is 42.0 Å². The van der Waals surface area contributed by atoms with E-state index in [9.17, 15) is 14.3 Å². The molecule has 0 radical (unpaired) electrons. The summed E-state index contributed by atoms with van der Waals surface area (Å²) in [6.45, 7) is 6.57. The van der Waals surface area contributed by atoms with Gasteiger partial charge in [0.1, 0.15) is 17.4 Å². The Morgan fingerprint density at radius 2 is 2.04 bits per heavy atom. The first-order chi connectivity index (χ1) is 12.9. The van der Waals surface area contributed by atoms with E-state index < -0.39 is 11.7 Å². The van der Waals surface area contributed by atoms with Crippen molar-refractivity contribution in [1.29, 1.82) is 0 Å². The van der Waals surface area contributed by atoms with Crippen LogP contribution in [0, 0.1) is 12.7 Å². The van der Waals surface area contributed by atoms with Gasteiger partial charge in [-0.3, -0.25) is 4.79 Å². The zero-order chi connectivity index (χ0) is 19.6. The number of fused-ring (bicyclic) bond motifs is 1. The van der Waals surface area contributed by atoms with Crippen LogP contribution in [-0.2, 0) is 6.54 Å². The van der Waals surface area contributed by atoms with Crippen molar-refractivity contribution in [2.45, 2.75) is 33.7 Å². The molecule has 0 unspecified atom stereocenters. The van der Waals surface area contributed by atoms with Crippen molar-refractivity contribution >= 4 is 22.7 Å². The van der Waals surface area contributed by atoms with Crippen molar-refractivity contribution in [3.05, 3.63) is 59.2 Å². The van der Waals surface area contributed by atoms with Gasteiger partial charge in [-0.1, -0.05) is 6.92 Å². The Bertz CT molecular complexity index is 1040. The molecule has 0 saturated heterocycles. The number of carbonyl (C=O) groups is 1. The number of aromatic hydroxyl groups is 1. The maximum atomic E-state index is 13.5. The van der Waals surface area contributed by atoms with E-state index in [-0.39, 0.29) is 11.3 Å². The minimum Gasteiger partial charge on any atom is -0.507 e. The van der Waals surface area contributed by atoms with Gasteiger partial charge in [0.2, 0.25) is 0 Å². The molecule has 2 aromatic carbocycles. The number of halogens is 1. The molecule has 0 saturated carbocycles. The molecule has 1 heterocycles. The van der Waals surface area contributed by atoms with Crippen LogP contribution in [-0.4, -0.2) is 26.3 Å². The fourth-order valence-electron chi connectivity index (χ4n) is 3.04. The van der Waals surface area contributed by atoms with Crippen LogP contribution in [0.2, 0.25) is 0 Å². The number of phenolic OH excluding ortho intramolecular Hbond substituents is 1. The minimum atomic E-state index is -0.484. The number of amides is 1. The van der Waals surface area contributed by atoms with Gasteiger partial charge in [-0.25, -0.2) is 14.8 Å². The number of phenols is 1. The molecule has 3 rings (SSSR count). The highest BCUT2D eigenvalue weighted by molar-refractivity contribution is 6.04. The Hall–Kier alpha value is -3.22. The zero-order valence-electron chi connectivity index (χ0n) is 15.5. The van der Waals surface area contributed by atoms with Gasteiger partial charge < -0.3 is 9.67 Å². The summed E-state index contributed by atoms with van der Waals surface area (Å²) in [6, 6.07) is 8.90. The molecule has 2 N–H and O–H groups in total. The number of nitrogens with zero attached hydrogens (tertiary/aromatic N) is 3. The molecule has 3 aromatic rings. The molecule has 27 heavy (non-hydrogen) atoms. The van der Waals surface area contributed by atoms with Crippen molar-refractivity contribution in [3.8, 4) is 5.75 Å². The normalized spacial score (nSPS) is 11.8. The Balaban J connectivity index is 1.86.